The molecule has 0 bridgehead atoms. The number of carbonyl (C=O) groups is 3. The van der Waals surface area contributed by atoms with Gasteiger partial charge in [0.25, 0.3) is 0 Å². The maximum Gasteiger partial charge on any atom is 0.407 e. The van der Waals surface area contributed by atoms with Crippen LogP contribution in [0.3, 0.4) is 0 Å². The smallest absolute Gasteiger partial charge is 0.407 e. The van der Waals surface area contributed by atoms with E-state index in [4.69, 9.17) is 9.72 Å². The minimum Gasteiger partial charge on any atom is -0.453 e. The van der Waals surface area contributed by atoms with Crippen molar-refractivity contribution in [3.8, 4) is 33.6 Å². The number of rotatable bonds is 16. The first-order chi connectivity index (χ1) is 31.8. The summed E-state index contributed by atoms with van der Waals surface area (Å²) in [5.41, 5.74) is 7.29. The van der Waals surface area contributed by atoms with Gasteiger partial charge in [0.2, 0.25) is 5.91 Å². The minimum atomic E-state index is -0.661. The molecule has 6 rings (SSSR count). The summed E-state index contributed by atoms with van der Waals surface area (Å²) >= 11 is 4.28. The van der Waals surface area contributed by atoms with Gasteiger partial charge in [-0.25, -0.2) is 19.6 Å². The Bertz CT molecular complexity index is 2210. The maximum absolute atomic E-state index is 12.7. The van der Waals surface area contributed by atoms with E-state index < -0.39 is 12.2 Å². The second kappa shape index (κ2) is 30.4. The largest absolute Gasteiger partial charge is 0.453 e. The monoisotopic (exact) mass is 927 g/mol. The molecule has 66 heavy (non-hydrogen) atoms. The third-order valence-electron chi connectivity index (χ3n) is 9.93. The second-order valence-corrected chi connectivity index (χ2v) is 16.6. The molecule has 362 valence electrons. The Balaban J connectivity index is 0.00000124. The number of hydrogen-bond acceptors (Lipinski definition) is 9. The molecule has 14 heteroatoms. The highest BCUT2D eigenvalue weighted by Crippen LogP contribution is 2.46. The van der Waals surface area contributed by atoms with Crippen LogP contribution in [0.4, 0.5) is 9.59 Å². The maximum atomic E-state index is 12.7. The summed E-state index contributed by atoms with van der Waals surface area (Å²) in [5, 5.41) is 7.49. The van der Waals surface area contributed by atoms with Gasteiger partial charge >= 0.3 is 12.2 Å². The van der Waals surface area contributed by atoms with E-state index >= 15 is 0 Å². The Morgan fingerprint density at radius 2 is 1.14 bits per heavy atom. The van der Waals surface area contributed by atoms with Crippen LogP contribution >= 0.6 is 12.6 Å². The molecule has 2 heterocycles. The Labute approximate surface area is 400 Å². The molecule has 1 fully saturated rings. The molecule has 13 nitrogen and oxygen atoms in total. The van der Waals surface area contributed by atoms with Crippen LogP contribution in [0.2, 0.25) is 0 Å². The topological polar surface area (TPSA) is 158 Å². The van der Waals surface area contributed by atoms with E-state index in [1.807, 2.05) is 45.2 Å². The fourth-order valence-corrected chi connectivity index (χ4v) is 6.68. The third kappa shape index (κ3) is 18.6. The number of amides is 3. The van der Waals surface area contributed by atoms with Crippen LogP contribution in [0.25, 0.3) is 44.4 Å². The summed E-state index contributed by atoms with van der Waals surface area (Å²) in [7, 11) is 2.62. The highest BCUT2D eigenvalue weighted by atomic mass is 32.1. The van der Waals surface area contributed by atoms with Gasteiger partial charge < -0.3 is 39.9 Å². The van der Waals surface area contributed by atoms with Gasteiger partial charge in [-0.3, -0.25) is 4.79 Å². The zero-order chi connectivity index (χ0) is 49.1. The molecule has 0 spiro atoms. The molecule has 1 aliphatic carbocycles. The number of nitrogens with one attached hydrogen (secondary N) is 4. The van der Waals surface area contributed by atoms with Crippen molar-refractivity contribution in [1.82, 2.24) is 40.4 Å². The van der Waals surface area contributed by atoms with E-state index in [1.165, 1.54) is 46.3 Å². The van der Waals surface area contributed by atoms with Crippen LogP contribution in [-0.4, -0.2) is 94.0 Å². The number of hydrogen-bond donors (Lipinski definition) is 5. The lowest BCUT2D eigenvalue weighted by atomic mass is 9.98. The number of alkyl carbamates (subject to hydrolysis) is 2. The van der Waals surface area contributed by atoms with Crippen molar-refractivity contribution in [1.29, 1.82) is 0 Å². The number of aromatic nitrogens is 4. The quantitative estimate of drug-likeness (QED) is 0.0612. The van der Waals surface area contributed by atoms with E-state index in [2.05, 4.69) is 145 Å². The number of methoxy groups -OCH3 is 2. The number of aromatic amines is 2. The van der Waals surface area contributed by atoms with Crippen molar-refractivity contribution in [2.24, 2.45) is 5.41 Å². The number of nitrogens with zero attached hydrogens (tertiary/aromatic N) is 4. The van der Waals surface area contributed by atoms with E-state index in [-0.39, 0.29) is 24.4 Å². The molecule has 5 aromatic rings. The molecule has 0 saturated heterocycles. The molecule has 1 saturated carbocycles. The SMILES string of the molecule is C/C=C(\CNC(=O)OC)N(Cc1ncc(-c2ccc3cc(-c4ccc(-c5cnc(CN(CCS)C(=O)CNC(=O)OC)[nH]5)cc4)ccc3c2)[nH]1)CC1(C)CC1.CC.CCC.CCC.CCC. The van der Waals surface area contributed by atoms with Crippen molar-refractivity contribution in [2.45, 2.75) is 114 Å². The van der Waals surface area contributed by atoms with Crippen molar-refractivity contribution in [2.75, 3.05) is 46.2 Å². The third-order valence-corrected chi connectivity index (χ3v) is 10.1. The number of ether oxygens (including phenoxy) is 2. The highest BCUT2D eigenvalue weighted by Gasteiger charge is 2.39. The van der Waals surface area contributed by atoms with Gasteiger partial charge in [0, 0.05) is 30.1 Å². The van der Waals surface area contributed by atoms with Crippen LogP contribution < -0.4 is 10.6 Å². The Hall–Kier alpha value is -5.76. The van der Waals surface area contributed by atoms with E-state index in [9.17, 15) is 14.4 Å². The number of thiol groups is 1. The average molecular weight is 927 g/mol. The molecule has 1 aliphatic rings. The second-order valence-electron chi connectivity index (χ2n) is 16.1. The first-order valence-electron chi connectivity index (χ1n) is 23.5. The Kier molecular flexibility index (Phi) is 26.0. The number of benzene rings is 3. The predicted molar refractivity (Wildman–Crippen MR) is 275 cm³/mol. The minimum absolute atomic E-state index is 0.172. The van der Waals surface area contributed by atoms with Crippen LogP contribution in [0.15, 0.2) is 84.8 Å². The first kappa shape index (κ1) is 56.4. The van der Waals surface area contributed by atoms with E-state index in [0.717, 1.165) is 62.5 Å². The summed E-state index contributed by atoms with van der Waals surface area (Å²) in [5.74, 6) is 1.70. The van der Waals surface area contributed by atoms with Crippen molar-refractivity contribution in [3.63, 3.8) is 0 Å². The van der Waals surface area contributed by atoms with Crippen LogP contribution in [0, 0.1) is 5.41 Å². The lowest BCUT2D eigenvalue weighted by molar-refractivity contribution is -0.130. The molecule has 3 aromatic carbocycles. The fraction of sp³-hybridized carbons (Fsp3) is 0.481. The molecular weight excluding hydrogens is 849 g/mol. The molecule has 0 unspecified atom stereocenters. The van der Waals surface area contributed by atoms with Gasteiger partial charge in [-0.2, -0.15) is 12.6 Å². The average Bonchev–Trinajstić information content (AvgIpc) is 3.62. The predicted octanol–water partition coefficient (Wildman–Crippen LogP) is 12.0. The summed E-state index contributed by atoms with van der Waals surface area (Å²) in [6, 6.07) is 21.2. The van der Waals surface area contributed by atoms with E-state index in [1.54, 1.807) is 11.1 Å². The normalized spacial score (nSPS) is 12.0. The Morgan fingerprint density at radius 3 is 1.62 bits per heavy atom. The summed E-state index contributed by atoms with van der Waals surface area (Å²) in [6.45, 7) is 23.4. The molecule has 0 atom stereocenters. The van der Waals surface area contributed by atoms with Gasteiger partial charge in [0.05, 0.1) is 57.6 Å². The van der Waals surface area contributed by atoms with Crippen molar-refractivity contribution in [3.05, 3.63) is 96.5 Å². The molecule has 3 amide bonds. The van der Waals surface area contributed by atoms with Crippen LogP contribution in [0.1, 0.15) is 113 Å². The van der Waals surface area contributed by atoms with Gasteiger partial charge in [0.15, 0.2) is 0 Å². The molecular formula is C52H78N8O5S. The number of imidazole rings is 2. The Morgan fingerprint density at radius 1 is 0.697 bits per heavy atom. The molecule has 0 aliphatic heterocycles. The first-order valence-corrected chi connectivity index (χ1v) is 24.1. The van der Waals surface area contributed by atoms with Gasteiger partial charge in [-0.05, 0) is 64.8 Å². The van der Waals surface area contributed by atoms with E-state index in [0.29, 0.717) is 31.2 Å². The summed E-state index contributed by atoms with van der Waals surface area (Å²) < 4.78 is 9.34. The van der Waals surface area contributed by atoms with Crippen molar-refractivity contribution < 1.29 is 23.9 Å². The number of fused-ring (bicyclic) bond motifs is 1. The zero-order valence-electron chi connectivity index (χ0n) is 41.8. The fourth-order valence-electron chi connectivity index (χ4n) is 6.44. The molecule has 2 aromatic heterocycles. The highest BCUT2D eigenvalue weighted by molar-refractivity contribution is 7.80. The van der Waals surface area contributed by atoms with Crippen molar-refractivity contribution >= 4 is 41.5 Å². The lowest BCUT2D eigenvalue weighted by Crippen LogP contribution is -2.40. The lowest BCUT2D eigenvalue weighted by Gasteiger charge is -2.29. The van der Waals surface area contributed by atoms with Gasteiger partial charge in [-0.15, -0.1) is 0 Å². The van der Waals surface area contributed by atoms with Gasteiger partial charge in [0.1, 0.15) is 18.2 Å². The van der Waals surface area contributed by atoms with Crippen LogP contribution in [-0.2, 0) is 27.4 Å². The molecule has 4 N–H and O–H groups in total. The standard InChI is InChI=1S/C41H48N8O5S.3C3H8.C2H6/c1-5-33(20-44-39(51)53-3)49(26-41(2)14-15-41)25-37-43-22-35(47-37)32-13-12-30-18-29(10-11-31(30)19-32)27-6-8-28(9-7-27)34-21-42-36(46-34)24-48(16-17-55)38(50)23-45-40(52)54-4;3*1-3-2;1-2/h5-13,18-19,21-22,55H,14-17,20,23-26H2,1-4H3,(H,42,46)(H,43,47)(H,44,51)(H,45,52);3*3H2,1-2H3;1-2H3/b33-5+;;;;. The van der Waals surface area contributed by atoms with Crippen LogP contribution in [0.5, 0.6) is 0 Å². The van der Waals surface area contributed by atoms with Gasteiger partial charge in [-0.1, -0.05) is 136 Å². The summed E-state index contributed by atoms with van der Waals surface area (Å²) in [4.78, 5) is 55.8. The summed E-state index contributed by atoms with van der Waals surface area (Å²) in [6.07, 6.45) is 10.7. The number of carbonyl (C=O) groups excluding carboxylic acids is 3. The molecule has 0 radical (unpaired) electrons. The zero-order valence-corrected chi connectivity index (χ0v) is 42.7. The number of H-pyrrole nitrogens is 2. The number of allylic oxidation sites excluding steroid dienone is 1.